The van der Waals surface area contributed by atoms with Crippen LogP contribution in [0, 0.1) is 5.92 Å². The Hall–Kier alpha value is -1.44. The van der Waals surface area contributed by atoms with Gasteiger partial charge < -0.3 is 0 Å². The number of benzene rings is 1. The molecule has 1 atom stereocenters. The first-order chi connectivity index (χ1) is 13.0. The summed E-state index contributed by atoms with van der Waals surface area (Å²) < 4.78 is 27.7. The topological polar surface area (TPSA) is 86.7 Å². The number of hydrogen-bond donors (Lipinski definition) is 2. The molecule has 27 heavy (non-hydrogen) atoms. The normalized spacial score (nSPS) is 17.6. The fourth-order valence-electron chi connectivity index (χ4n) is 3.76. The van der Waals surface area contributed by atoms with Gasteiger partial charge >= 0.3 is 0 Å². The molecule has 0 aliphatic carbocycles. The van der Waals surface area contributed by atoms with Gasteiger partial charge in [0.15, 0.2) is 0 Å². The molecule has 1 aromatic rings. The summed E-state index contributed by atoms with van der Waals surface area (Å²) in [5, 5.41) is 8.04. The molecule has 0 bridgehead atoms. The molecule has 2 N–H and O–H groups in total. The maximum Gasteiger partial charge on any atom is 0.244 e. The minimum absolute atomic E-state index is 0.188. The van der Waals surface area contributed by atoms with E-state index in [1.807, 2.05) is 18.2 Å². The number of hydroxylamine groups is 1. The van der Waals surface area contributed by atoms with E-state index < -0.39 is 21.2 Å². The van der Waals surface area contributed by atoms with E-state index in [0.717, 1.165) is 38.5 Å². The van der Waals surface area contributed by atoms with E-state index in [1.54, 1.807) is 9.79 Å². The van der Waals surface area contributed by atoms with E-state index >= 15 is 0 Å². The second-order valence-electron chi connectivity index (χ2n) is 7.43. The number of carbonyl (C=O) groups is 1. The van der Waals surface area contributed by atoms with E-state index in [0.29, 0.717) is 25.4 Å². The zero-order valence-electron chi connectivity index (χ0n) is 16.1. The van der Waals surface area contributed by atoms with E-state index in [2.05, 4.69) is 19.1 Å². The Morgan fingerprint density at radius 3 is 2.48 bits per heavy atom. The zero-order chi connectivity index (χ0) is 19.7. The largest absolute Gasteiger partial charge is 0.289 e. The number of rotatable bonds is 10. The van der Waals surface area contributed by atoms with Gasteiger partial charge in [-0.2, -0.15) is 0 Å². The van der Waals surface area contributed by atoms with Crippen LogP contribution in [0.1, 0.15) is 57.4 Å². The number of carbonyl (C=O) groups excluding carboxylic acids is 1. The third-order valence-corrected chi connectivity index (χ3v) is 7.72. The predicted molar refractivity (Wildman–Crippen MR) is 106 cm³/mol. The average Bonchev–Trinajstić information content (AvgIpc) is 2.68. The average molecular weight is 397 g/mol. The number of nitrogens with one attached hydrogen (secondary N) is 1. The van der Waals surface area contributed by atoms with Crippen LogP contribution in [0.25, 0.3) is 0 Å². The molecule has 1 amide bonds. The second-order valence-corrected chi connectivity index (χ2v) is 9.65. The molecule has 1 heterocycles. The quantitative estimate of drug-likeness (QED) is 0.361. The summed E-state index contributed by atoms with van der Waals surface area (Å²) in [7, 11) is -3.54. The molecule has 0 aromatic heterocycles. The Labute approximate surface area is 163 Å². The molecule has 152 valence electrons. The molecule has 0 saturated carbocycles. The van der Waals surface area contributed by atoms with Crippen LogP contribution in [0.15, 0.2) is 30.3 Å². The van der Waals surface area contributed by atoms with Crippen LogP contribution < -0.4 is 5.48 Å². The van der Waals surface area contributed by atoms with Crippen molar-refractivity contribution in [1.82, 2.24) is 9.79 Å². The minimum atomic E-state index is -3.54. The van der Waals surface area contributed by atoms with Crippen molar-refractivity contribution in [2.75, 3.05) is 13.1 Å². The van der Waals surface area contributed by atoms with Crippen molar-refractivity contribution < 1.29 is 18.4 Å². The summed E-state index contributed by atoms with van der Waals surface area (Å²) in [5.74, 6) is -0.155. The first-order valence-electron chi connectivity index (χ1n) is 9.93. The van der Waals surface area contributed by atoms with Crippen molar-refractivity contribution in [3.8, 4) is 0 Å². The number of piperidine rings is 1. The summed E-state index contributed by atoms with van der Waals surface area (Å²) in [5.41, 5.74) is 2.86. The summed E-state index contributed by atoms with van der Waals surface area (Å²) >= 11 is 0. The van der Waals surface area contributed by atoms with Crippen molar-refractivity contribution in [3.05, 3.63) is 35.9 Å². The van der Waals surface area contributed by atoms with Gasteiger partial charge in [0.25, 0.3) is 0 Å². The molecule has 2 rings (SSSR count). The molecule has 1 fully saturated rings. The molecule has 6 nitrogen and oxygen atoms in total. The molecule has 1 saturated heterocycles. The first-order valence-corrected chi connectivity index (χ1v) is 11.4. The van der Waals surface area contributed by atoms with Crippen LogP contribution in [-0.4, -0.2) is 42.2 Å². The van der Waals surface area contributed by atoms with Crippen molar-refractivity contribution in [2.24, 2.45) is 5.92 Å². The van der Waals surface area contributed by atoms with E-state index in [4.69, 9.17) is 5.21 Å². The van der Waals surface area contributed by atoms with Gasteiger partial charge in [0, 0.05) is 19.5 Å². The summed E-state index contributed by atoms with van der Waals surface area (Å²) in [6, 6.07) is 10.3. The fourth-order valence-corrected chi connectivity index (χ4v) is 5.72. The van der Waals surface area contributed by atoms with Gasteiger partial charge in [-0.15, -0.1) is 0 Å². The summed E-state index contributed by atoms with van der Waals surface area (Å²) in [6.07, 6.45) is 5.60. The number of hydrogen-bond acceptors (Lipinski definition) is 4. The molecular formula is C20H32N2O4S. The Kier molecular flexibility index (Phi) is 8.73. The Balaban J connectivity index is 1.96. The van der Waals surface area contributed by atoms with Gasteiger partial charge in [0.05, 0.1) is 5.25 Å². The smallest absolute Gasteiger partial charge is 0.244 e. The predicted octanol–water partition coefficient (Wildman–Crippen LogP) is 3.12. The van der Waals surface area contributed by atoms with Gasteiger partial charge in [-0.1, -0.05) is 56.5 Å². The lowest BCUT2D eigenvalue weighted by atomic mass is 9.91. The Morgan fingerprint density at radius 1 is 1.22 bits per heavy atom. The second kappa shape index (κ2) is 10.8. The van der Waals surface area contributed by atoms with Crippen molar-refractivity contribution >= 4 is 15.9 Å². The zero-order valence-corrected chi connectivity index (χ0v) is 17.0. The molecule has 1 unspecified atom stereocenters. The fraction of sp³-hybridized carbons (Fsp3) is 0.650. The van der Waals surface area contributed by atoms with Crippen molar-refractivity contribution in [2.45, 2.75) is 63.5 Å². The van der Waals surface area contributed by atoms with Crippen LogP contribution in [-0.2, 0) is 21.2 Å². The molecule has 1 aliphatic heterocycles. The van der Waals surface area contributed by atoms with Gasteiger partial charge in [-0.3, -0.25) is 10.0 Å². The Bertz CT molecular complexity index is 670. The standard InChI is InChI=1S/C20H32N2O4S/c1-2-3-5-10-19(16-20(23)21-24)27(25,26)22-13-11-18(12-14-22)15-17-8-6-4-7-9-17/h4,6-9,18-19,24H,2-3,5,10-16H2,1H3,(H,21,23). The number of amides is 1. The highest BCUT2D eigenvalue weighted by Gasteiger charge is 2.35. The van der Waals surface area contributed by atoms with Crippen LogP contribution in [0.5, 0.6) is 0 Å². The lowest BCUT2D eigenvalue weighted by Gasteiger charge is -2.33. The molecule has 0 radical (unpaired) electrons. The Morgan fingerprint density at radius 2 is 1.89 bits per heavy atom. The number of unbranched alkanes of at least 4 members (excludes halogenated alkanes) is 2. The van der Waals surface area contributed by atoms with Gasteiger partial charge in [0.2, 0.25) is 15.9 Å². The highest BCUT2D eigenvalue weighted by atomic mass is 32.2. The third-order valence-electron chi connectivity index (χ3n) is 5.39. The summed E-state index contributed by atoms with van der Waals surface area (Å²) in [4.78, 5) is 11.6. The molecule has 7 heteroatoms. The SMILES string of the molecule is CCCCCC(CC(=O)NO)S(=O)(=O)N1CCC(Cc2ccccc2)CC1. The molecule has 0 spiro atoms. The van der Waals surface area contributed by atoms with Gasteiger partial charge in [0.1, 0.15) is 0 Å². The number of sulfonamides is 1. The van der Waals surface area contributed by atoms with Crippen molar-refractivity contribution in [1.29, 1.82) is 0 Å². The third kappa shape index (κ3) is 6.59. The van der Waals surface area contributed by atoms with Crippen LogP contribution in [0.2, 0.25) is 0 Å². The highest BCUT2D eigenvalue weighted by molar-refractivity contribution is 7.89. The molecular weight excluding hydrogens is 364 g/mol. The maximum absolute atomic E-state index is 13.1. The maximum atomic E-state index is 13.1. The van der Waals surface area contributed by atoms with E-state index in [9.17, 15) is 13.2 Å². The monoisotopic (exact) mass is 396 g/mol. The van der Waals surface area contributed by atoms with Crippen LogP contribution >= 0.6 is 0 Å². The minimum Gasteiger partial charge on any atom is -0.289 e. The first kappa shape index (κ1) is 21.9. The van der Waals surface area contributed by atoms with Crippen LogP contribution in [0.4, 0.5) is 0 Å². The number of nitrogens with zero attached hydrogens (tertiary/aromatic N) is 1. The lowest BCUT2D eigenvalue weighted by molar-refractivity contribution is -0.129. The highest BCUT2D eigenvalue weighted by Crippen LogP contribution is 2.27. The molecule has 1 aliphatic rings. The van der Waals surface area contributed by atoms with E-state index in [-0.39, 0.29) is 6.42 Å². The summed E-state index contributed by atoms with van der Waals surface area (Å²) in [6.45, 7) is 3.07. The molecule has 1 aromatic carbocycles. The lowest BCUT2D eigenvalue weighted by Crippen LogP contribution is -2.45. The van der Waals surface area contributed by atoms with Crippen molar-refractivity contribution in [3.63, 3.8) is 0 Å². The van der Waals surface area contributed by atoms with Crippen LogP contribution in [0.3, 0.4) is 0 Å². The van der Waals surface area contributed by atoms with Gasteiger partial charge in [-0.25, -0.2) is 18.2 Å². The van der Waals surface area contributed by atoms with Gasteiger partial charge in [-0.05, 0) is 37.2 Å². The van der Waals surface area contributed by atoms with E-state index in [1.165, 1.54) is 5.56 Å².